The van der Waals surface area contributed by atoms with E-state index in [0.717, 1.165) is 30.3 Å². The summed E-state index contributed by atoms with van der Waals surface area (Å²) in [5.41, 5.74) is 1.51. The van der Waals surface area contributed by atoms with Crippen LogP contribution in [0.5, 0.6) is 0 Å². The van der Waals surface area contributed by atoms with Gasteiger partial charge in [0.25, 0.3) is 0 Å². The van der Waals surface area contributed by atoms with Gasteiger partial charge in [0, 0.05) is 43.6 Å². The number of rotatable bonds is 4. The SMILES string of the molecule is CC(CN1CCN(C)CC1)Nc1ncnc2sc3c(c12)CCCC3. The van der Waals surface area contributed by atoms with Crippen LogP contribution in [0.4, 0.5) is 5.82 Å². The van der Waals surface area contributed by atoms with Crippen LogP contribution in [-0.4, -0.2) is 65.6 Å². The van der Waals surface area contributed by atoms with Gasteiger partial charge in [-0.3, -0.25) is 4.90 Å². The predicted molar refractivity (Wildman–Crippen MR) is 101 cm³/mol. The standard InChI is InChI=1S/C18H27N5S/c1-13(11-23-9-7-22(2)8-10-23)21-17-16-14-5-3-4-6-15(14)24-18(16)20-12-19-17/h12-13H,3-11H2,1-2H3,(H,19,20,21). The van der Waals surface area contributed by atoms with Gasteiger partial charge >= 0.3 is 0 Å². The van der Waals surface area contributed by atoms with Crippen molar-refractivity contribution in [2.45, 2.75) is 38.6 Å². The maximum Gasteiger partial charge on any atom is 0.138 e. The zero-order valence-corrected chi connectivity index (χ0v) is 15.5. The van der Waals surface area contributed by atoms with Gasteiger partial charge in [0.1, 0.15) is 17.0 Å². The number of aromatic nitrogens is 2. The molecule has 0 aromatic carbocycles. The van der Waals surface area contributed by atoms with Gasteiger partial charge in [-0.05, 0) is 45.2 Å². The van der Waals surface area contributed by atoms with E-state index in [9.17, 15) is 0 Å². The van der Waals surface area contributed by atoms with Gasteiger partial charge in [-0.25, -0.2) is 9.97 Å². The van der Waals surface area contributed by atoms with Crippen molar-refractivity contribution in [2.75, 3.05) is 45.1 Å². The summed E-state index contributed by atoms with van der Waals surface area (Å²) in [5, 5.41) is 4.97. The van der Waals surface area contributed by atoms with E-state index in [4.69, 9.17) is 0 Å². The van der Waals surface area contributed by atoms with E-state index >= 15 is 0 Å². The fourth-order valence-electron chi connectivity index (χ4n) is 3.90. The Balaban J connectivity index is 1.50. The number of nitrogens with zero attached hydrogens (tertiary/aromatic N) is 4. The van der Waals surface area contributed by atoms with Crippen LogP contribution in [0.25, 0.3) is 10.2 Å². The molecule has 1 unspecified atom stereocenters. The summed E-state index contributed by atoms with van der Waals surface area (Å²) in [7, 11) is 2.20. The summed E-state index contributed by atoms with van der Waals surface area (Å²) >= 11 is 1.87. The second-order valence-corrected chi connectivity index (χ2v) is 8.35. The number of hydrogen-bond acceptors (Lipinski definition) is 6. The third-order valence-electron chi connectivity index (χ3n) is 5.26. The lowest BCUT2D eigenvalue weighted by molar-refractivity contribution is 0.151. The molecule has 1 aliphatic carbocycles. The number of anilines is 1. The predicted octanol–water partition coefficient (Wildman–Crippen LogP) is 2.62. The second-order valence-electron chi connectivity index (χ2n) is 7.26. The maximum absolute atomic E-state index is 4.59. The largest absolute Gasteiger partial charge is 0.366 e. The lowest BCUT2D eigenvalue weighted by Gasteiger charge is -2.34. The molecule has 0 radical (unpaired) electrons. The number of aryl methyl sites for hydroxylation is 2. The second kappa shape index (κ2) is 6.94. The summed E-state index contributed by atoms with van der Waals surface area (Å²) in [4.78, 5) is 16.8. The first-order valence-electron chi connectivity index (χ1n) is 9.13. The Morgan fingerprint density at radius 2 is 1.96 bits per heavy atom. The highest BCUT2D eigenvalue weighted by atomic mass is 32.1. The fourth-order valence-corrected chi connectivity index (χ4v) is 5.13. The van der Waals surface area contributed by atoms with Crippen molar-refractivity contribution in [2.24, 2.45) is 0 Å². The van der Waals surface area contributed by atoms with E-state index in [2.05, 4.69) is 39.1 Å². The molecule has 0 spiro atoms. The molecule has 6 heteroatoms. The molecule has 0 amide bonds. The lowest BCUT2D eigenvalue weighted by Crippen LogP contribution is -2.47. The smallest absolute Gasteiger partial charge is 0.138 e. The Labute approximate surface area is 148 Å². The van der Waals surface area contributed by atoms with Crippen LogP contribution in [-0.2, 0) is 12.8 Å². The summed E-state index contributed by atoms with van der Waals surface area (Å²) < 4.78 is 0. The minimum Gasteiger partial charge on any atom is -0.366 e. The first-order chi connectivity index (χ1) is 11.7. The van der Waals surface area contributed by atoms with Crippen molar-refractivity contribution in [3.05, 3.63) is 16.8 Å². The van der Waals surface area contributed by atoms with Crippen molar-refractivity contribution in [1.29, 1.82) is 0 Å². The van der Waals surface area contributed by atoms with Crippen LogP contribution in [0.3, 0.4) is 0 Å². The van der Waals surface area contributed by atoms with Crippen molar-refractivity contribution in [1.82, 2.24) is 19.8 Å². The van der Waals surface area contributed by atoms with Gasteiger partial charge in [-0.15, -0.1) is 11.3 Å². The van der Waals surface area contributed by atoms with Gasteiger partial charge in [0.15, 0.2) is 0 Å². The number of fused-ring (bicyclic) bond motifs is 3. The number of thiophene rings is 1. The van der Waals surface area contributed by atoms with Crippen molar-refractivity contribution >= 4 is 27.4 Å². The maximum atomic E-state index is 4.59. The highest BCUT2D eigenvalue weighted by Crippen LogP contribution is 2.38. The van der Waals surface area contributed by atoms with Gasteiger partial charge in [-0.2, -0.15) is 0 Å². The van der Waals surface area contributed by atoms with Crippen LogP contribution in [0, 0.1) is 0 Å². The zero-order chi connectivity index (χ0) is 16.5. The molecule has 1 saturated heterocycles. The molecule has 4 rings (SSSR count). The van der Waals surface area contributed by atoms with Crippen molar-refractivity contribution in [3.63, 3.8) is 0 Å². The van der Waals surface area contributed by atoms with E-state index < -0.39 is 0 Å². The van der Waals surface area contributed by atoms with Gasteiger partial charge in [0.2, 0.25) is 0 Å². The highest BCUT2D eigenvalue weighted by molar-refractivity contribution is 7.19. The van der Waals surface area contributed by atoms with Crippen LogP contribution in [0.15, 0.2) is 6.33 Å². The first-order valence-corrected chi connectivity index (χ1v) is 9.95. The van der Waals surface area contributed by atoms with Gasteiger partial charge in [0.05, 0.1) is 5.39 Å². The molecule has 2 aromatic heterocycles. The third kappa shape index (κ3) is 3.27. The zero-order valence-electron chi connectivity index (χ0n) is 14.7. The monoisotopic (exact) mass is 345 g/mol. The molecule has 1 aliphatic heterocycles. The Hall–Kier alpha value is -1.24. The molecule has 1 N–H and O–H groups in total. The van der Waals surface area contributed by atoms with E-state index in [1.165, 1.54) is 54.6 Å². The summed E-state index contributed by atoms with van der Waals surface area (Å²) in [6.45, 7) is 8.01. The average molecular weight is 346 g/mol. The molecule has 2 aliphatic rings. The Bertz CT molecular complexity index is 705. The molecule has 5 nitrogen and oxygen atoms in total. The van der Waals surface area contributed by atoms with Crippen molar-refractivity contribution < 1.29 is 0 Å². The number of piperazine rings is 1. The van der Waals surface area contributed by atoms with E-state index in [1.54, 1.807) is 6.33 Å². The molecule has 1 atom stereocenters. The van der Waals surface area contributed by atoms with E-state index in [0.29, 0.717) is 6.04 Å². The molecule has 0 saturated carbocycles. The Kier molecular flexibility index (Phi) is 4.70. The highest BCUT2D eigenvalue weighted by Gasteiger charge is 2.21. The summed E-state index contributed by atoms with van der Waals surface area (Å²) in [6, 6.07) is 0.394. The molecule has 130 valence electrons. The van der Waals surface area contributed by atoms with Crippen LogP contribution < -0.4 is 5.32 Å². The van der Waals surface area contributed by atoms with Crippen molar-refractivity contribution in [3.8, 4) is 0 Å². The molecule has 3 heterocycles. The number of hydrogen-bond donors (Lipinski definition) is 1. The fraction of sp³-hybridized carbons (Fsp3) is 0.667. The molecular formula is C18H27N5S. The lowest BCUT2D eigenvalue weighted by atomic mass is 9.97. The third-order valence-corrected chi connectivity index (χ3v) is 6.46. The van der Waals surface area contributed by atoms with Crippen LogP contribution >= 0.6 is 11.3 Å². The quantitative estimate of drug-likeness (QED) is 0.923. The van der Waals surface area contributed by atoms with Gasteiger partial charge < -0.3 is 10.2 Å². The number of nitrogens with one attached hydrogen (secondary N) is 1. The molecule has 2 aromatic rings. The average Bonchev–Trinajstić information content (AvgIpc) is 2.96. The summed E-state index contributed by atoms with van der Waals surface area (Å²) in [5.74, 6) is 1.04. The van der Waals surface area contributed by atoms with Crippen LogP contribution in [0.1, 0.15) is 30.2 Å². The molecular weight excluding hydrogens is 318 g/mol. The minimum absolute atomic E-state index is 0.394. The van der Waals surface area contributed by atoms with Gasteiger partial charge in [-0.1, -0.05) is 0 Å². The molecule has 1 fully saturated rings. The topological polar surface area (TPSA) is 44.3 Å². The Morgan fingerprint density at radius 1 is 1.17 bits per heavy atom. The molecule has 24 heavy (non-hydrogen) atoms. The number of likely N-dealkylation sites (N-methyl/N-ethyl adjacent to an activating group) is 1. The van der Waals surface area contributed by atoms with E-state index in [1.807, 2.05) is 11.3 Å². The molecule has 0 bridgehead atoms. The normalized spacial score (nSPS) is 20.9. The Morgan fingerprint density at radius 3 is 2.79 bits per heavy atom. The van der Waals surface area contributed by atoms with Crippen LogP contribution in [0.2, 0.25) is 0 Å². The first kappa shape index (κ1) is 16.2. The van der Waals surface area contributed by atoms with E-state index in [-0.39, 0.29) is 0 Å². The summed E-state index contributed by atoms with van der Waals surface area (Å²) in [6.07, 6.45) is 6.73. The minimum atomic E-state index is 0.394.